The predicted molar refractivity (Wildman–Crippen MR) is 87.2 cm³/mol. The summed E-state index contributed by atoms with van der Waals surface area (Å²) < 4.78 is 40.1. The molecule has 1 aliphatic heterocycles. The first-order chi connectivity index (χ1) is 12.0. The van der Waals surface area contributed by atoms with Gasteiger partial charge in [-0.3, -0.25) is 5.10 Å². The van der Waals surface area contributed by atoms with E-state index in [1.54, 1.807) is 12.1 Å². The van der Waals surface area contributed by atoms with Gasteiger partial charge in [-0.2, -0.15) is 18.3 Å². The van der Waals surface area contributed by atoms with Crippen molar-refractivity contribution in [3.05, 3.63) is 36.0 Å². The van der Waals surface area contributed by atoms with E-state index in [0.29, 0.717) is 5.69 Å². The SMILES string of the molecule is FC(F)(F)c1ccnc2n[nH]c(-c3cccc(N4CCNCC4)n3)c12. The molecule has 1 aliphatic rings. The summed E-state index contributed by atoms with van der Waals surface area (Å²) >= 11 is 0. The van der Waals surface area contributed by atoms with Crippen LogP contribution in [0.2, 0.25) is 0 Å². The molecule has 0 atom stereocenters. The van der Waals surface area contributed by atoms with Crippen LogP contribution in [0.3, 0.4) is 0 Å². The maximum absolute atomic E-state index is 13.4. The minimum absolute atomic E-state index is 0.0270. The van der Waals surface area contributed by atoms with Crippen molar-refractivity contribution in [1.29, 1.82) is 0 Å². The third kappa shape index (κ3) is 2.91. The Morgan fingerprint density at radius 3 is 2.64 bits per heavy atom. The molecule has 4 heterocycles. The smallest absolute Gasteiger partial charge is 0.354 e. The standard InChI is InChI=1S/C16H15F3N6/c17-16(18,19)10-4-5-21-15-13(10)14(23-24-15)11-2-1-3-12(22-11)25-8-6-20-7-9-25/h1-5,20H,6-9H2,(H,21,23,24). The van der Waals surface area contributed by atoms with Crippen LogP contribution in [0.25, 0.3) is 22.4 Å². The molecule has 1 fully saturated rings. The number of aromatic nitrogens is 4. The monoisotopic (exact) mass is 348 g/mol. The third-order valence-corrected chi connectivity index (χ3v) is 4.19. The lowest BCUT2D eigenvalue weighted by atomic mass is 10.1. The fourth-order valence-electron chi connectivity index (χ4n) is 3.00. The van der Waals surface area contributed by atoms with Crippen LogP contribution in [0, 0.1) is 0 Å². The number of H-pyrrole nitrogens is 1. The van der Waals surface area contributed by atoms with E-state index in [1.807, 2.05) is 6.07 Å². The highest BCUT2D eigenvalue weighted by atomic mass is 19.4. The van der Waals surface area contributed by atoms with Crippen LogP contribution in [0.5, 0.6) is 0 Å². The summed E-state index contributed by atoms with van der Waals surface area (Å²) in [4.78, 5) is 10.6. The zero-order valence-electron chi connectivity index (χ0n) is 13.1. The summed E-state index contributed by atoms with van der Waals surface area (Å²) in [6.07, 6.45) is -3.38. The minimum atomic E-state index is -4.49. The van der Waals surface area contributed by atoms with Gasteiger partial charge in [-0.1, -0.05) is 6.07 Å². The average Bonchev–Trinajstić information content (AvgIpc) is 3.06. The first kappa shape index (κ1) is 15.8. The van der Waals surface area contributed by atoms with Gasteiger partial charge in [0.05, 0.1) is 22.3 Å². The number of alkyl halides is 3. The van der Waals surface area contributed by atoms with Crippen molar-refractivity contribution in [2.75, 3.05) is 31.1 Å². The van der Waals surface area contributed by atoms with Gasteiger partial charge >= 0.3 is 6.18 Å². The van der Waals surface area contributed by atoms with Crippen LogP contribution < -0.4 is 10.2 Å². The number of anilines is 1. The van der Waals surface area contributed by atoms with E-state index in [1.165, 1.54) is 0 Å². The van der Waals surface area contributed by atoms with E-state index in [-0.39, 0.29) is 16.7 Å². The van der Waals surface area contributed by atoms with E-state index in [2.05, 4.69) is 30.4 Å². The molecule has 0 bridgehead atoms. The number of aromatic amines is 1. The summed E-state index contributed by atoms with van der Waals surface area (Å²) in [6.45, 7) is 3.30. The second-order valence-corrected chi connectivity index (χ2v) is 5.77. The van der Waals surface area contributed by atoms with Crippen molar-refractivity contribution in [1.82, 2.24) is 25.5 Å². The summed E-state index contributed by atoms with van der Waals surface area (Å²) in [6, 6.07) is 6.28. The molecule has 3 aromatic heterocycles. The largest absolute Gasteiger partial charge is 0.417 e. The molecule has 0 saturated carbocycles. The number of rotatable bonds is 2. The molecule has 4 rings (SSSR count). The van der Waals surface area contributed by atoms with E-state index < -0.39 is 11.7 Å². The lowest BCUT2D eigenvalue weighted by Gasteiger charge is -2.28. The van der Waals surface area contributed by atoms with Gasteiger partial charge in [-0.25, -0.2) is 9.97 Å². The fraction of sp³-hybridized carbons (Fsp3) is 0.312. The first-order valence-corrected chi connectivity index (χ1v) is 7.87. The second kappa shape index (κ2) is 5.99. The molecule has 3 aromatic rings. The summed E-state index contributed by atoms with van der Waals surface area (Å²) in [7, 11) is 0. The van der Waals surface area contributed by atoms with E-state index in [9.17, 15) is 13.2 Å². The van der Waals surface area contributed by atoms with Crippen molar-refractivity contribution in [2.45, 2.75) is 6.18 Å². The van der Waals surface area contributed by atoms with Crippen LogP contribution in [0.4, 0.5) is 19.0 Å². The Kier molecular flexibility index (Phi) is 3.79. The number of piperazine rings is 1. The molecule has 0 unspecified atom stereocenters. The number of nitrogens with zero attached hydrogens (tertiary/aromatic N) is 4. The van der Waals surface area contributed by atoms with Gasteiger partial charge in [-0.15, -0.1) is 0 Å². The molecular weight excluding hydrogens is 333 g/mol. The zero-order chi connectivity index (χ0) is 17.4. The molecule has 1 saturated heterocycles. The highest BCUT2D eigenvalue weighted by Crippen LogP contribution is 2.37. The zero-order valence-corrected chi connectivity index (χ0v) is 13.1. The molecule has 0 aliphatic carbocycles. The van der Waals surface area contributed by atoms with Crippen molar-refractivity contribution in [3.8, 4) is 11.4 Å². The molecule has 9 heteroatoms. The summed E-state index contributed by atoms with van der Waals surface area (Å²) in [5.74, 6) is 0.735. The average molecular weight is 348 g/mol. The second-order valence-electron chi connectivity index (χ2n) is 5.77. The summed E-state index contributed by atoms with van der Waals surface area (Å²) in [5.41, 5.74) is -0.0979. The van der Waals surface area contributed by atoms with Crippen LogP contribution >= 0.6 is 0 Å². The molecule has 130 valence electrons. The molecule has 6 nitrogen and oxygen atoms in total. The molecule has 2 N–H and O–H groups in total. The van der Waals surface area contributed by atoms with Crippen LogP contribution in [0.15, 0.2) is 30.5 Å². The topological polar surface area (TPSA) is 69.7 Å². The Morgan fingerprint density at radius 2 is 1.88 bits per heavy atom. The van der Waals surface area contributed by atoms with E-state index in [4.69, 9.17) is 0 Å². The Hall–Kier alpha value is -2.68. The van der Waals surface area contributed by atoms with Crippen LogP contribution in [-0.2, 0) is 6.18 Å². The minimum Gasteiger partial charge on any atom is -0.354 e. The highest BCUT2D eigenvalue weighted by molar-refractivity contribution is 5.93. The van der Waals surface area contributed by atoms with E-state index >= 15 is 0 Å². The molecular formula is C16H15F3N6. The number of fused-ring (bicyclic) bond motifs is 1. The van der Waals surface area contributed by atoms with Crippen molar-refractivity contribution < 1.29 is 13.2 Å². The third-order valence-electron chi connectivity index (χ3n) is 4.19. The van der Waals surface area contributed by atoms with Crippen LogP contribution in [0.1, 0.15) is 5.56 Å². The van der Waals surface area contributed by atoms with Gasteiger partial charge in [0.1, 0.15) is 5.82 Å². The number of hydrogen-bond acceptors (Lipinski definition) is 5. The molecule has 25 heavy (non-hydrogen) atoms. The maximum Gasteiger partial charge on any atom is 0.417 e. The van der Waals surface area contributed by atoms with Gasteiger partial charge in [0.25, 0.3) is 0 Å². The van der Waals surface area contributed by atoms with Crippen LogP contribution in [-0.4, -0.2) is 46.3 Å². The number of nitrogens with one attached hydrogen (secondary N) is 2. The van der Waals surface area contributed by atoms with Gasteiger partial charge in [0.15, 0.2) is 5.65 Å². The molecule has 0 aromatic carbocycles. The van der Waals surface area contributed by atoms with Crippen molar-refractivity contribution in [2.24, 2.45) is 0 Å². The first-order valence-electron chi connectivity index (χ1n) is 7.87. The van der Waals surface area contributed by atoms with Gasteiger partial charge in [-0.05, 0) is 18.2 Å². The Labute approximate surface area is 141 Å². The number of halogens is 3. The Bertz CT molecular complexity index is 898. The molecule has 0 radical (unpaired) electrons. The highest BCUT2D eigenvalue weighted by Gasteiger charge is 2.35. The van der Waals surface area contributed by atoms with E-state index in [0.717, 1.165) is 44.3 Å². The molecule has 0 amide bonds. The number of pyridine rings is 2. The van der Waals surface area contributed by atoms with Gasteiger partial charge < -0.3 is 10.2 Å². The van der Waals surface area contributed by atoms with Gasteiger partial charge in [0, 0.05) is 32.4 Å². The quantitative estimate of drug-likeness (QED) is 0.744. The fourth-order valence-corrected chi connectivity index (χ4v) is 3.00. The maximum atomic E-state index is 13.4. The predicted octanol–water partition coefficient (Wildman–Crippen LogP) is 2.45. The van der Waals surface area contributed by atoms with Crippen molar-refractivity contribution >= 4 is 16.9 Å². The van der Waals surface area contributed by atoms with Crippen molar-refractivity contribution in [3.63, 3.8) is 0 Å². The summed E-state index contributed by atoms with van der Waals surface area (Å²) in [5, 5.41) is 9.78. The van der Waals surface area contributed by atoms with Gasteiger partial charge in [0.2, 0.25) is 0 Å². The Morgan fingerprint density at radius 1 is 1.08 bits per heavy atom. The molecule has 0 spiro atoms. The lowest BCUT2D eigenvalue weighted by molar-refractivity contribution is -0.136. The Balaban J connectivity index is 1.82. The number of hydrogen-bond donors (Lipinski definition) is 2. The lowest BCUT2D eigenvalue weighted by Crippen LogP contribution is -2.43. The normalized spacial score (nSPS) is 15.7.